The van der Waals surface area contributed by atoms with Crippen molar-refractivity contribution in [1.29, 1.82) is 0 Å². The van der Waals surface area contributed by atoms with Crippen LogP contribution in [-0.4, -0.2) is 28.6 Å². The summed E-state index contributed by atoms with van der Waals surface area (Å²) in [4.78, 5) is 32.3. The van der Waals surface area contributed by atoms with E-state index in [4.69, 9.17) is 19.6 Å². The number of carbonyl (C=O) groups excluding carboxylic acids is 2. The van der Waals surface area contributed by atoms with E-state index in [-0.39, 0.29) is 28.4 Å². The summed E-state index contributed by atoms with van der Waals surface area (Å²) in [6.07, 6.45) is -5.35. The zero-order valence-electron chi connectivity index (χ0n) is 21.5. The number of rotatable bonds is 9. The fourth-order valence-electron chi connectivity index (χ4n) is 3.68. The van der Waals surface area contributed by atoms with Crippen LogP contribution in [0.4, 0.5) is 26.7 Å². The number of ether oxygens (including phenoxy) is 2. The van der Waals surface area contributed by atoms with E-state index in [0.29, 0.717) is 11.3 Å². The van der Waals surface area contributed by atoms with Crippen LogP contribution in [0.25, 0.3) is 11.3 Å². The van der Waals surface area contributed by atoms with Crippen molar-refractivity contribution >= 4 is 27.9 Å². The fourth-order valence-corrected chi connectivity index (χ4v) is 4.17. The Kier molecular flexibility index (Phi) is 9.09. The SMILES string of the molecule is Cc1ncccc1CNC(=O)OCC(Oc1ccc(F)c(C(N)=O)c1F)c1nc(-c2ccc(C(F)(F)F)cc2)c(Br)o1. The molecule has 9 nitrogen and oxygen atoms in total. The lowest BCUT2D eigenvalue weighted by Gasteiger charge is -2.18. The molecular weight excluding hydrogens is 635 g/mol. The van der Waals surface area contributed by atoms with E-state index in [9.17, 15) is 31.5 Å². The second-order valence-corrected chi connectivity index (χ2v) is 9.37. The number of aryl methyl sites for hydroxylation is 1. The normalized spacial score (nSPS) is 12.1. The van der Waals surface area contributed by atoms with Crippen molar-refractivity contribution in [2.24, 2.45) is 5.73 Å². The number of nitrogens with one attached hydrogen (secondary N) is 1. The standard InChI is InChI=1S/C27H20BrF5N4O5/c1-13-15(3-2-10-35-13)11-36-26(39)40-12-19(41-18-9-8-17(29)20(21(18)30)24(34)38)25-37-22(23(28)42-25)14-4-6-16(7-5-14)27(31,32)33/h2-10,19H,11-12H2,1H3,(H2,34,38)(H,36,39). The molecule has 0 bridgehead atoms. The first kappa shape index (κ1) is 30.4. The van der Waals surface area contributed by atoms with E-state index in [1.807, 2.05) is 0 Å². The van der Waals surface area contributed by atoms with Crippen LogP contribution in [0.3, 0.4) is 0 Å². The van der Waals surface area contributed by atoms with Gasteiger partial charge in [-0.05, 0) is 58.7 Å². The lowest BCUT2D eigenvalue weighted by molar-refractivity contribution is -0.137. The third-order valence-corrected chi connectivity index (χ3v) is 6.38. The molecule has 2 aromatic heterocycles. The maximum atomic E-state index is 14.9. The molecule has 1 atom stereocenters. The Morgan fingerprint density at radius 2 is 1.83 bits per heavy atom. The third kappa shape index (κ3) is 7.02. The quantitative estimate of drug-likeness (QED) is 0.204. The summed E-state index contributed by atoms with van der Waals surface area (Å²) in [5.41, 5.74) is 4.80. The Balaban J connectivity index is 1.60. The van der Waals surface area contributed by atoms with Crippen molar-refractivity contribution in [1.82, 2.24) is 15.3 Å². The summed E-state index contributed by atoms with van der Waals surface area (Å²) in [7, 11) is 0. The Morgan fingerprint density at radius 1 is 1.12 bits per heavy atom. The minimum Gasteiger partial charge on any atom is -0.474 e. The van der Waals surface area contributed by atoms with E-state index in [1.165, 1.54) is 0 Å². The maximum Gasteiger partial charge on any atom is 0.416 e. The molecule has 0 saturated carbocycles. The number of halogens is 6. The largest absolute Gasteiger partial charge is 0.474 e. The molecule has 0 aliphatic rings. The first-order chi connectivity index (χ1) is 19.8. The number of amides is 2. The van der Waals surface area contributed by atoms with Crippen LogP contribution >= 0.6 is 15.9 Å². The molecule has 0 spiro atoms. The van der Waals surface area contributed by atoms with Gasteiger partial charge in [0.15, 0.2) is 16.2 Å². The molecule has 1 unspecified atom stereocenters. The van der Waals surface area contributed by atoms with Gasteiger partial charge in [-0.1, -0.05) is 18.2 Å². The number of alkyl halides is 3. The van der Waals surface area contributed by atoms with E-state index < -0.39 is 59.4 Å². The summed E-state index contributed by atoms with van der Waals surface area (Å²) in [5, 5.41) is 2.52. The minimum atomic E-state index is -4.56. The van der Waals surface area contributed by atoms with Crippen molar-refractivity contribution in [3.05, 3.63) is 99.3 Å². The van der Waals surface area contributed by atoms with E-state index in [1.54, 1.807) is 25.3 Å². The third-order valence-electron chi connectivity index (χ3n) is 5.84. The lowest BCUT2D eigenvalue weighted by atomic mass is 10.1. The molecule has 2 heterocycles. The van der Waals surface area contributed by atoms with Gasteiger partial charge >= 0.3 is 12.3 Å². The lowest BCUT2D eigenvalue weighted by Crippen LogP contribution is -2.27. The number of nitrogens with two attached hydrogens (primary N) is 1. The molecule has 0 fully saturated rings. The van der Waals surface area contributed by atoms with Crippen molar-refractivity contribution in [2.75, 3.05) is 6.61 Å². The highest BCUT2D eigenvalue weighted by molar-refractivity contribution is 9.10. The smallest absolute Gasteiger partial charge is 0.416 e. The number of carbonyl (C=O) groups is 2. The molecule has 0 aliphatic carbocycles. The summed E-state index contributed by atoms with van der Waals surface area (Å²) < 4.78 is 84.2. The van der Waals surface area contributed by atoms with Crippen LogP contribution in [0.1, 0.15) is 39.2 Å². The van der Waals surface area contributed by atoms with Gasteiger partial charge in [0, 0.05) is 24.0 Å². The van der Waals surface area contributed by atoms with Gasteiger partial charge in [0.1, 0.15) is 23.7 Å². The Labute approximate surface area is 243 Å². The first-order valence-corrected chi connectivity index (χ1v) is 12.7. The van der Waals surface area contributed by atoms with Gasteiger partial charge < -0.3 is 24.9 Å². The van der Waals surface area contributed by atoms with Crippen molar-refractivity contribution in [3.63, 3.8) is 0 Å². The molecule has 220 valence electrons. The number of aromatic nitrogens is 2. The fraction of sp³-hybridized carbons (Fsp3) is 0.185. The zero-order valence-corrected chi connectivity index (χ0v) is 23.1. The molecule has 3 N–H and O–H groups in total. The van der Waals surface area contributed by atoms with E-state index in [0.717, 1.165) is 36.4 Å². The Hall–Kier alpha value is -4.53. The highest BCUT2D eigenvalue weighted by Gasteiger charge is 2.31. The molecule has 2 aromatic carbocycles. The molecule has 42 heavy (non-hydrogen) atoms. The van der Waals surface area contributed by atoms with Crippen molar-refractivity contribution < 1.29 is 45.4 Å². The number of hydrogen-bond acceptors (Lipinski definition) is 7. The van der Waals surface area contributed by atoms with Gasteiger partial charge in [-0.15, -0.1) is 0 Å². The van der Waals surface area contributed by atoms with Gasteiger partial charge in [0.2, 0.25) is 12.0 Å². The number of oxazole rings is 1. The Bertz CT molecular complexity index is 1610. The monoisotopic (exact) mass is 654 g/mol. The molecule has 4 rings (SSSR count). The van der Waals surface area contributed by atoms with Gasteiger partial charge in [0.05, 0.1) is 5.56 Å². The molecule has 0 aliphatic heterocycles. The summed E-state index contributed by atoms with van der Waals surface area (Å²) in [6.45, 7) is 1.19. The number of nitrogens with zero attached hydrogens (tertiary/aromatic N) is 2. The van der Waals surface area contributed by atoms with Crippen LogP contribution in [0.5, 0.6) is 5.75 Å². The summed E-state index contributed by atoms with van der Waals surface area (Å²) in [5.74, 6) is -4.98. The predicted molar refractivity (Wildman–Crippen MR) is 140 cm³/mol. The van der Waals surface area contributed by atoms with Gasteiger partial charge in [-0.2, -0.15) is 13.2 Å². The molecule has 0 radical (unpaired) electrons. The van der Waals surface area contributed by atoms with Crippen molar-refractivity contribution in [2.45, 2.75) is 25.7 Å². The van der Waals surface area contributed by atoms with Gasteiger partial charge in [0.25, 0.3) is 5.91 Å². The number of pyridine rings is 1. The highest BCUT2D eigenvalue weighted by atomic mass is 79.9. The number of hydrogen-bond donors (Lipinski definition) is 2. The first-order valence-electron chi connectivity index (χ1n) is 11.9. The summed E-state index contributed by atoms with van der Waals surface area (Å²) in [6, 6.07) is 9.08. The van der Waals surface area contributed by atoms with Crippen LogP contribution in [0.2, 0.25) is 0 Å². The van der Waals surface area contributed by atoms with E-state index in [2.05, 4.69) is 31.2 Å². The summed E-state index contributed by atoms with van der Waals surface area (Å²) >= 11 is 3.14. The molecule has 4 aromatic rings. The van der Waals surface area contributed by atoms with Gasteiger partial charge in [-0.3, -0.25) is 9.78 Å². The topological polar surface area (TPSA) is 130 Å². The molecular formula is C27H20BrF5N4O5. The Morgan fingerprint density at radius 3 is 2.48 bits per heavy atom. The van der Waals surface area contributed by atoms with Crippen LogP contribution in [0.15, 0.2) is 63.8 Å². The number of primary amides is 1. The zero-order chi connectivity index (χ0) is 30.6. The van der Waals surface area contributed by atoms with Crippen LogP contribution in [0, 0.1) is 18.6 Å². The second kappa shape index (κ2) is 12.5. The number of alkyl carbamates (subject to hydrolysis) is 1. The molecule has 0 saturated heterocycles. The van der Waals surface area contributed by atoms with Crippen molar-refractivity contribution in [3.8, 4) is 17.0 Å². The van der Waals surface area contributed by atoms with E-state index >= 15 is 0 Å². The highest BCUT2D eigenvalue weighted by Crippen LogP contribution is 2.36. The number of benzene rings is 2. The molecule has 15 heteroatoms. The van der Waals surface area contributed by atoms with Crippen LogP contribution < -0.4 is 15.8 Å². The van der Waals surface area contributed by atoms with Gasteiger partial charge in [-0.25, -0.2) is 18.6 Å². The average Bonchev–Trinajstić information content (AvgIpc) is 3.32. The maximum absolute atomic E-state index is 14.9. The predicted octanol–water partition coefficient (Wildman–Crippen LogP) is 6.25. The minimum absolute atomic E-state index is 0.0280. The second-order valence-electron chi connectivity index (χ2n) is 8.65. The van der Waals surface area contributed by atoms with Crippen LogP contribution in [-0.2, 0) is 17.5 Å². The molecule has 2 amide bonds. The average molecular weight is 655 g/mol.